The van der Waals surface area contributed by atoms with E-state index in [0.717, 1.165) is 32.5 Å². The molecule has 2 aliphatic rings. The molecule has 22 heavy (non-hydrogen) atoms. The third-order valence-electron chi connectivity index (χ3n) is 5.02. The smallest absolute Gasteiger partial charge is 0.227 e. The lowest BCUT2D eigenvalue weighted by Gasteiger charge is -2.42. The first-order valence-electron chi connectivity index (χ1n) is 8.55. The van der Waals surface area contributed by atoms with E-state index in [0.29, 0.717) is 12.6 Å². The average molecular weight is 309 g/mol. The molecule has 2 aliphatic heterocycles. The third kappa shape index (κ3) is 3.62. The summed E-state index contributed by atoms with van der Waals surface area (Å²) in [7, 11) is 0. The van der Waals surface area contributed by atoms with Crippen LogP contribution in [0.1, 0.15) is 47.5 Å². The molecule has 2 fully saturated rings. The van der Waals surface area contributed by atoms with Gasteiger partial charge in [-0.15, -0.1) is 0 Å². The van der Waals surface area contributed by atoms with Gasteiger partial charge in [0.1, 0.15) is 0 Å². The molecule has 0 bridgehead atoms. The van der Waals surface area contributed by atoms with Crippen molar-refractivity contribution in [2.45, 2.75) is 59.5 Å². The van der Waals surface area contributed by atoms with Crippen molar-refractivity contribution in [3.8, 4) is 0 Å². The van der Waals surface area contributed by atoms with E-state index in [-0.39, 0.29) is 29.2 Å². The molecule has 0 aromatic rings. The first kappa shape index (κ1) is 17.3. The van der Waals surface area contributed by atoms with E-state index < -0.39 is 0 Å². The number of nitrogens with one attached hydrogen (secondary N) is 1. The number of amides is 2. The van der Waals surface area contributed by atoms with Gasteiger partial charge in [-0.25, -0.2) is 0 Å². The molecule has 0 radical (unpaired) electrons. The molecule has 0 spiro atoms. The van der Waals surface area contributed by atoms with E-state index in [1.807, 2.05) is 30.6 Å². The van der Waals surface area contributed by atoms with Crippen molar-refractivity contribution in [1.29, 1.82) is 0 Å². The monoisotopic (exact) mass is 309 g/mol. The highest BCUT2D eigenvalue weighted by Gasteiger charge is 2.37. The Balaban J connectivity index is 2.02. The SMILES string of the molecule is CC1NCCN(C(=O)C2CCCN(C(=O)C(C)(C)C)C2)C1C. The van der Waals surface area contributed by atoms with Crippen LogP contribution >= 0.6 is 0 Å². The van der Waals surface area contributed by atoms with Crippen molar-refractivity contribution in [2.75, 3.05) is 26.2 Å². The van der Waals surface area contributed by atoms with E-state index in [1.54, 1.807) is 0 Å². The summed E-state index contributed by atoms with van der Waals surface area (Å²) in [6.07, 6.45) is 1.83. The molecule has 0 aromatic carbocycles. The Morgan fingerprint density at radius 1 is 1.14 bits per heavy atom. The van der Waals surface area contributed by atoms with Crippen LogP contribution in [0.3, 0.4) is 0 Å². The summed E-state index contributed by atoms with van der Waals surface area (Å²) in [6, 6.07) is 0.545. The van der Waals surface area contributed by atoms with Crippen molar-refractivity contribution in [3.05, 3.63) is 0 Å². The minimum Gasteiger partial charge on any atom is -0.341 e. The molecular weight excluding hydrogens is 278 g/mol. The van der Waals surface area contributed by atoms with Crippen molar-refractivity contribution >= 4 is 11.8 Å². The van der Waals surface area contributed by atoms with Gasteiger partial charge in [-0.2, -0.15) is 0 Å². The Morgan fingerprint density at radius 2 is 1.82 bits per heavy atom. The number of hydrogen-bond acceptors (Lipinski definition) is 3. The van der Waals surface area contributed by atoms with Gasteiger partial charge in [-0.3, -0.25) is 9.59 Å². The number of rotatable bonds is 1. The van der Waals surface area contributed by atoms with Crippen molar-refractivity contribution in [1.82, 2.24) is 15.1 Å². The predicted octanol–water partition coefficient (Wildman–Crippen LogP) is 1.48. The quantitative estimate of drug-likeness (QED) is 0.798. The lowest BCUT2D eigenvalue weighted by Crippen LogP contribution is -2.59. The Hall–Kier alpha value is -1.10. The van der Waals surface area contributed by atoms with E-state index >= 15 is 0 Å². The number of hydrogen-bond donors (Lipinski definition) is 1. The fraction of sp³-hybridized carbons (Fsp3) is 0.882. The minimum atomic E-state index is -0.373. The fourth-order valence-corrected chi connectivity index (χ4v) is 3.44. The minimum absolute atomic E-state index is 0.0344. The lowest BCUT2D eigenvalue weighted by atomic mass is 9.90. The van der Waals surface area contributed by atoms with Gasteiger partial charge in [0.05, 0.1) is 5.92 Å². The highest BCUT2D eigenvalue weighted by molar-refractivity contribution is 5.84. The number of likely N-dealkylation sites (tertiary alicyclic amines) is 1. The zero-order chi connectivity index (χ0) is 16.5. The molecule has 2 rings (SSSR count). The number of nitrogens with zero attached hydrogens (tertiary/aromatic N) is 2. The molecule has 2 amide bonds. The molecule has 3 unspecified atom stereocenters. The van der Waals surface area contributed by atoms with Crippen LogP contribution in [0.2, 0.25) is 0 Å². The van der Waals surface area contributed by atoms with Gasteiger partial charge < -0.3 is 15.1 Å². The zero-order valence-electron chi connectivity index (χ0n) is 14.7. The number of carbonyl (C=O) groups excluding carboxylic acids is 2. The van der Waals surface area contributed by atoms with Crippen LogP contribution in [-0.4, -0.2) is 59.9 Å². The highest BCUT2D eigenvalue weighted by atomic mass is 16.2. The Bertz CT molecular complexity index is 430. The zero-order valence-corrected chi connectivity index (χ0v) is 14.7. The molecule has 5 nitrogen and oxygen atoms in total. The van der Waals surface area contributed by atoms with Gasteiger partial charge in [0, 0.05) is 43.7 Å². The van der Waals surface area contributed by atoms with E-state index in [4.69, 9.17) is 0 Å². The van der Waals surface area contributed by atoms with Gasteiger partial charge in [0.2, 0.25) is 11.8 Å². The molecule has 2 heterocycles. The van der Waals surface area contributed by atoms with Crippen LogP contribution in [0, 0.1) is 11.3 Å². The summed E-state index contributed by atoms with van der Waals surface area (Å²) < 4.78 is 0. The van der Waals surface area contributed by atoms with Crippen molar-refractivity contribution in [3.63, 3.8) is 0 Å². The highest BCUT2D eigenvalue weighted by Crippen LogP contribution is 2.25. The van der Waals surface area contributed by atoms with Crippen LogP contribution in [-0.2, 0) is 9.59 Å². The Labute approximate surface area is 134 Å². The van der Waals surface area contributed by atoms with Crippen LogP contribution < -0.4 is 5.32 Å². The summed E-state index contributed by atoms with van der Waals surface area (Å²) in [5, 5.41) is 3.41. The first-order chi connectivity index (χ1) is 10.2. The van der Waals surface area contributed by atoms with Crippen molar-refractivity contribution < 1.29 is 9.59 Å². The van der Waals surface area contributed by atoms with Gasteiger partial charge in [-0.05, 0) is 26.7 Å². The van der Waals surface area contributed by atoms with E-state index in [2.05, 4.69) is 19.2 Å². The summed E-state index contributed by atoms with van der Waals surface area (Å²) in [5.41, 5.74) is -0.373. The van der Waals surface area contributed by atoms with Crippen molar-refractivity contribution in [2.24, 2.45) is 11.3 Å². The molecule has 1 N–H and O–H groups in total. The number of piperidine rings is 1. The molecule has 0 aliphatic carbocycles. The summed E-state index contributed by atoms with van der Waals surface area (Å²) >= 11 is 0. The van der Waals surface area contributed by atoms with Crippen LogP contribution in [0.5, 0.6) is 0 Å². The van der Waals surface area contributed by atoms with Crippen LogP contribution in [0.15, 0.2) is 0 Å². The third-order valence-corrected chi connectivity index (χ3v) is 5.02. The lowest BCUT2D eigenvalue weighted by molar-refractivity contribution is -0.147. The predicted molar refractivity (Wildman–Crippen MR) is 87.4 cm³/mol. The number of carbonyl (C=O) groups is 2. The molecule has 5 heteroatoms. The summed E-state index contributed by atoms with van der Waals surface area (Å²) in [6.45, 7) is 13.1. The Morgan fingerprint density at radius 3 is 2.45 bits per heavy atom. The maximum atomic E-state index is 12.9. The molecule has 0 aromatic heterocycles. The molecule has 126 valence electrons. The molecular formula is C17H31N3O2. The molecule has 3 atom stereocenters. The normalized spacial score (nSPS) is 30.3. The largest absolute Gasteiger partial charge is 0.341 e. The van der Waals surface area contributed by atoms with Gasteiger partial charge >= 0.3 is 0 Å². The van der Waals surface area contributed by atoms with Gasteiger partial charge in [-0.1, -0.05) is 20.8 Å². The Kier molecular flexibility index (Phi) is 5.15. The van der Waals surface area contributed by atoms with E-state index in [1.165, 1.54) is 0 Å². The van der Waals surface area contributed by atoms with Gasteiger partial charge in [0.25, 0.3) is 0 Å². The molecule has 0 saturated carbocycles. The standard InChI is InChI=1S/C17H31N3O2/c1-12-13(2)20(10-8-18-12)15(21)14-7-6-9-19(11-14)16(22)17(3,4)5/h12-14,18H,6-11H2,1-5H3. The van der Waals surface area contributed by atoms with Crippen LogP contribution in [0.25, 0.3) is 0 Å². The first-order valence-corrected chi connectivity index (χ1v) is 8.55. The summed E-state index contributed by atoms with van der Waals surface area (Å²) in [4.78, 5) is 29.3. The second kappa shape index (κ2) is 6.57. The fourth-order valence-electron chi connectivity index (χ4n) is 3.44. The second-order valence-corrected chi connectivity index (χ2v) is 7.86. The second-order valence-electron chi connectivity index (χ2n) is 7.86. The van der Waals surface area contributed by atoms with Gasteiger partial charge in [0.15, 0.2) is 0 Å². The average Bonchev–Trinajstić information content (AvgIpc) is 2.48. The topological polar surface area (TPSA) is 52.7 Å². The summed E-state index contributed by atoms with van der Waals surface area (Å²) in [5.74, 6) is 0.354. The molecule has 2 saturated heterocycles. The number of piperazine rings is 1. The maximum absolute atomic E-state index is 12.9. The van der Waals surface area contributed by atoms with E-state index in [9.17, 15) is 9.59 Å². The maximum Gasteiger partial charge on any atom is 0.227 e. The van der Waals surface area contributed by atoms with Crippen LogP contribution in [0.4, 0.5) is 0 Å².